The lowest BCUT2D eigenvalue weighted by atomic mass is 10.0. The highest BCUT2D eigenvalue weighted by atomic mass is 16.5. The highest BCUT2D eigenvalue weighted by molar-refractivity contribution is 6.02. The minimum atomic E-state index is -0.860. The number of ether oxygens (including phenoxy) is 1. The molecule has 0 aromatic heterocycles. The van der Waals surface area contributed by atoms with Crippen LogP contribution in [0.15, 0.2) is 78.9 Å². The second kappa shape index (κ2) is 12.8. The molecule has 1 fully saturated rings. The molecule has 0 aliphatic carbocycles. The fourth-order valence-corrected chi connectivity index (χ4v) is 4.54. The van der Waals surface area contributed by atoms with E-state index >= 15 is 0 Å². The third-order valence-electron chi connectivity index (χ3n) is 6.84. The summed E-state index contributed by atoms with van der Waals surface area (Å²) in [6.45, 7) is 0.0682. The van der Waals surface area contributed by atoms with Gasteiger partial charge < -0.3 is 30.5 Å². The molecule has 0 spiro atoms. The molecule has 10 heteroatoms. The topological polar surface area (TPSA) is 125 Å². The van der Waals surface area contributed by atoms with Gasteiger partial charge in [0.15, 0.2) is 0 Å². The van der Waals surface area contributed by atoms with Crippen LogP contribution in [0.25, 0.3) is 0 Å². The van der Waals surface area contributed by atoms with Gasteiger partial charge in [-0.15, -0.1) is 0 Å². The van der Waals surface area contributed by atoms with E-state index in [-0.39, 0.29) is 50.3 Å². The van der Waals surface area contributed by atoms with Gasteiger partial charge in [0.05, 0.1) is 19.2 Å². The molecule has 1 heterocycles. The first kappa shape index (κ1) is 28.2. The van der Waals surface area contributed by atoms with Crippen molar-refractivity contribution in [3.63, 3.8) is 0 Å². The molecule has 1 atom stereocenters. The first-order valence-electron chi connectivity index (χ1n) is 12.9. The number of methoxy groups -OCH3 is 1. The average Bonchev–Trinajstić information content (AvgIpc) is 2.97. The number of amides is 4. The van der Waals surface area contributed by atoms with Crippen LogP contribution in [-0.2, 0) is 20.8 Å². The lowest BCUT2D eigenvalue weighted by Gasteiger charge is -2.34. The van der Waals surface area contributed by atoms with Crippen molar-refractivity contribution in [3.05, 3.63) is 90.0 Å². The van der Waals surface area contributed by atoms with Gasteiger partial charge >= 0.3 is 0 Å². The molecule has 3 N–H and O–H groups in total. The van der Waals surface area contributed by atoms with Gasteiger partial charge in [-0.1, -0.05) is 42.5 Å². The molecular formula is C30H33N5O5. The predicted octanol–water partition coefficient (Wildman–Crippen LogP) is 1.95. The van der Waals surface area contributed by atoms with Crippen molar-refractivity contribution >= 4 is 35.0 Å². The van der Waals surface area contributed by atoms with E-state index in [4.69, 9.17) is 10.5 Å². The molecule has 4 rings (SSSR count). The van der Waals surface area contributed by atoms with Gasteiger partial charge in [0, 0.05) is 37.9 Å². The molecule has 3 aromatic rings. The van der Waals surface area contributed by atoms with Gasteiger partial charge in [0.1, 0.15) is 18.3 Å². The molecule has 0 saturated carbocycles. The Morgan fingerprint density at radius 3 is 2.30 bits per heavy atom. The van der Waals surface area contributed by atoms with Gasteiger partial charge in [0.25, 0.3) is 5.91 Å². The van der Waals surface area contributed by atoms with E-state index in [2.05, 4.69) is 5.32 Å². The van der Waals surface area contributed by atoms with E-state index < -0.39 is 11.9 Å². The number of para-hydroxylation sites is 1. The Hall–Kier alpha value is -4.86. The van der Waals surface area contributed by atoms with Gasteiger partial charge in [-0.3, -0.25) is 19.2 Å². The smallest absolute Gasteiger partial charge is 0.256 e. The van der Waals surface area contributed by atoms with Crippen molar-refractivity contribution < 1.29 is 23.9 Å². The number of benzene rings is 3. The standard InChI is InChI=1S/C30H33N5O5/c1-33(22-12-14-23(40-2)15-13-22)30(39)26(18-21-8-4-3-5-9-21)32-27(36)19-34-16-17-35(20-28(34)37)29(38)24-10-6-7-11-25(24)31/h3-15,26H,16-20,31H2,1-2H3,(H,32,36)/t26-/m0/s1. The van der Waals surface area contributed by atoms with E-state index in [1.54, 1.807) is 62.7 Å². The molecule has 40 heavy (non-hydrogen) atoms. The van der Waals surface area contributed by atoms with E-state index in [1.165, 1.54) is 14.7 Å². The second-order valence-corrected chi connectivity index (χ2v) is 9.53. The highest BCUT2D eigenvalue weighted by Crippen LogP contribution is 2.20. The fourth-order valence-electron chi connectivity index (χ4n) is 4.54. The number of rotatable bonds is 9. The van der Waals surface area contributed by atoms with Crippen molar-refractivity contribution in [2.75, 3.05) is 51.0 Å². The van der Waals surface area contributed by atoms with Gasteiger partial charge in [-0.05, 0) is 42.0 Å². The van der Waals surface area contributed by atoms with Crippen LogP contribution in [0.2, 0.25) is 0 Å². The quantitative estimate of drug-likeness (QED) is 0.398. The number of nitrogens with two attached hydrogens (primary N) is 1. The number of nitrogen functional groups attached to an aromatic ring is 1. The van der Waals surface area contributed by atoms with Crippen LogP contribution in [0.1, 0.15) is 15.9 Å². The Morgan fingerprint density at radius 2 is 1.65 bits per heavy atom. The lowest BCUT2D eigenvalue weighted by molar-refractivity contribution is -0.139. The van der Waals surface area contributed by atoms with E-state index in [0.29, 0.717) is 22.7 Å². The van der Waals surface area contributed by atoms with Crippen molar-refractivity contribution in [2.24, 2.45) is 0 Å². The molecule has 10 nitrogen and oxygen atoms in total. The van der Waals surface area contributed by atoms with Crippen molar-refractivity contribution in [2.45, 2.75) is 12.5 Å². The van der Waals surface area contributed by atoms with Gasteiger partial charge in [-0.25, -0.2) is 0 Å². The molecule has 208 valence electrons. The molecule has 0 radical (unpaired) electrons. The second-order valence-electron chi connectivity index (χ2n) is 9.53. The Kier molecular flexibility index (Phi) is 9.00. The maximum Gasteiger partial charge on any atom is 0.256 e. The first-order valence-corrected chi connectivity index (χ1v) is 12.9. The largest absolute Gasteiger partial charge is 0.497 e. The number of nitrogens with zero attached hydrogens (tertiary/aromatic N) is 3. The SMILES string of the molecule is COc1ccc(N(C)C(=O)[C@H](Cc2ccccc2)NC(=O)CN2CCN(C(=O)c3ccccc3N)CC2=O)cc1. The maximum atomic E-state index is 13.5. The number of hydrogen-bond donors (Lipinski definition) is 2. The van der Waals surface area contributed by atoms with E-state index in [9.17, 15) is 19.2 Å². The van der Waals surface area contributed by atoms with Crippen LogP contribution in [0.3, 0.4) is 0 Å². The summed E-state index contributed by atoms with van der Waals surface area (Å²) >= 11 is 0. The van der Waals surface area contributed by atoms with Crippen LogP contribution in [-0.4, -0.2) is 79.8 Å². The number of nitrogens with one attached hydrogen (secondary N) is 1. The van der Waals surface area contributed by atoms with Crippen LogP contribution in [0, 0.1) is 0 Å². The third-order valence-corrected chi connectivity index (χ3v) is 6.84. The molecule has 4 amide bonds. The van der Waals surface area contributed by atoms with Crippen LogP contribution in [0.5, 0.6) is 5.75 Å². The summed E-state index contributed by atoms with van der Waals surface area (Å²) in [7, 11) is 3.21. The van der Waals surface area contributed by atoms with Gasteiger partial charge in [-0.2, -0.15) is 0 Å². The highest BCUT2D eigenvalue weighted by Gasteiger charge is 2.31. The molecule has 1 aliphatic heterocycles. The zero-order valence-electron chi connectivity index (χ0n) is 22.6. The van der Waals surface area contributed by atoms with E-state index in [0.717, 1.165) is 5.56 Å². The number of carbonyl (C=O) groups is 4. The minimum absolute atomic E-state index is 0.160. The molecule has 1 aliphatic rings. The van der Waals surface area contributed by atoms with Crippen molar-refractivity contribution in [1.29, 1.82) is 0 Å². The maximum absolute atomic E-state index is 13.5. The summed E-state index contributed by atoms with van der Waals surface area (Å²) in [6, 6.07) is 22.3. The predicted molar refractivity (Wildman–Crippen MR) is 152 cm³/mol. The summed E-state index contributed by atoms with van der Waals surface area (Å²) in [4.78, 5) is 56.6. The van der Waals surface area contributed by atoms with Crippen molar-refractivity contribution in [3.8, 4) is 5.75 Å². The Bertz CT molecular complexity index is 1360. The Labute approximate surface area is 233 Å². The average molecular weight is 544 g/mol. The van der Waals surface area contributed by atoms with Gasteiger partial charge in [0.2, 0.25) is 17.7 Å². The van der Waals surface area contributed by atoms with Crippen LogP contribution in [0.4, 0.5) is 11.4 Å². The van der Waals surface area contributed by atoms with E-state index in [1.807, 2.05) is 30.3 Å². The normalized spacial score (nSPS) is 13.9. The first-order chi connectivity index (χ1) is 19.3. The zero-order valence-corrected chi connectivity index (χ0v) is 22.6. The van der Waals surface area contributed by atoms with Crippen molar-refractivity contribution in [1.82, 2.24) is 15.1 Å². The molecule has 0 unspecified atom stereocenters. The third kappa shape index (κ3) is 6.76. The summed E-state index contributed by atoms with van der Waals surface area (Å²) in [5.74, 6) is -0.781. The number of hydrogen-bond acceptors (Lipinski definition) is 6. The monoisotopic (exact) mass is 543 g/mol. The summed E-state index contributed by atoms with van der Waals surface area (Å²) in [5.41, 5.74) is 8.13. The summed E-state index contributed by atoms with van der Waals surface area (Å²) in [6.07, 6.45) is 0.278. The zero-order chi connectivity index (χ0) is 28.6. The molecular weight excluding hydrogens is 510 g/mol. The number of anilines is 2. The molecule has 1 saturated heterocycles. The van der Waals surface area contributed by atoms with Crippen LogP contribution < -0.4 is 20.7 Å². The molecule has 3 aromatic carbocycles. The summed E-state index contributed by atoms with van der Waals surface area (Å²) < 4.78 is 5.20. The number of piperazine rings is 1. The number of likely N-dealkylation sites (N-methyl/N-ethyl adjacent to an activating group) is 1. The minimum Gasteiger partial charge on any atom is -0.497 e. The fraction of sp³-hybridized carbons (Fsp3) is 0.267. The Morgan fingerprint density at radius 1 is 0.975 bits per heavy atom. The molecule has 0 bridgehead atoms. The Balaban J connectivity index is 1.41. The number of carbonyl (C=O) groups excluding carboxylic acids is 4. The van der Waals surface area contributed by atoms with Crippen LogP contribution >= 0.6 is 0 Å². The lowest BCUT2D eigenvalue weighted by Crippen LogP contribution is -2.56. The summed E-state index contributed by atoms with van der Waals surface area (Å²) in [5, 5.41) is 2.83.